The average Bonchev–Trinajstić information content (AvgIpc) is 2.51. The molecular weight excluding hydrogens is 304 g/mol. The predicted molar refractivity (Wildman–Crippen MR) is 89.6 cm³/mol. The van der Waals surface area contributed by atoms with E-state index >= 15 is 0 Å². The molecule has 0 N–H and O–H groups in total. The molecule has 7 nitrogen and oxygen atoms in total. The van der Waals surface area contributed by atoms with Gasteiger partial charge in [0.1, 0.15) is 6.07 Å². The molecule has 0 atom stereocenters. The van der Waals surface area contributed by atoms with E-state index < -0.39 is 0 Å². The van der Waals surface area contributed by atoms with Crippen molar-refractivity contribution in [1.82, 2.24) is 19.7 Å². The number of rotatable bonds is 3. The van der Waals surface area contributed by atoms with Gasteiger partial charge < -0.3 is 4.90 Å². The van der Waals surface area contributed by atoms with Crippen LogP contribution in [-0.4, -0.2) is 32.8 Å². The number of anilines is 1. The summed E-state index contributed by atoms with van der Waals surface area (Å²) in [6.45, 7) is 8.27. The molecule has 7 heteroatoms. The molecule has 3 heterocycles. The van der Waals surface area contributed by atoms with E-state index in [1.54, 1.807) is 23.0 Å². The van der Waals surface area contributed by atoms with Crippen LogP contribution in [0.5, 0.6) is 0 Å². The summed E-state index contributed by atoms with van der Waals surface area (Å²) in [5.74, 6) is 0.916. The van der Waals surface area contributed by atoms with E-state index in [1.165, 1.54) is 6.20 Å². The van der Waals surface area contributed by atoms with E-state index in [2.05, 4.69) is 41.9 Å². The zero-order chi connectivity index (χ0) is 17.3. The van der Waals surface area contributed by atoms with Gasteiger partial charge in [0.15, 0.2) is 11.5 Å². The van der Waals surface area contributed by atoms with Crippen molar-refractivity contribution < 1.29 is 0 Å². The molecule has 0 aromatic carbocycles. The number of nitrogens with zero attached hydrogens (tertiary/aromatic N) is 6. The molecule has 1 aliphatic rings. The highest BCUT2D eigenvalue weighted by molar-refractivity contribution is 5.51. The molecule has 1 aliphatic heterocycles. The zero-order valence-corrected chi connectivity index (χ0v) is 14.1. The molecule has 24 heavy (non-hydrogen) atoms. The van der Waals surface area contributed by atoms with Gasteiger partial charge in [-0.15, -0.1) is 0 Å². The van der Waals surface area contributed by atoms with E-state index in [-0.39, 0.29) is 11.0 Å². The van der Waals surface area contributed by atoms with Gasteiger partial charge in [0.25, 0.3) is 5.56 Å². The molecule has 0 unspecified atom stereocenters. The molecule has 0 aliphatic carbocycles. The Hall–Kier alpha value is -2.75. The molecule has 3 rings (SSSR count). The second-order valence-electron chi connectivity index (χ2n) is 7.10. The van der Waals surface area contributed by atoms with Crippen LogP contribution in [0.25, 0.3) is 0 Å². The van der Waals surface area contributed by atoms with Crippen LogP contribution < -0.4 is 10.5 Å². The van der Waals surface area contributed by atoms with Crippen molar-refractivity contribution in [2.24, 2.45) is 5.92 Å². The monoisotopic (exact) mass is 324 g/mol. The summed E-state index contributed by atoms with van der Waals surface area (Å²) < 4.78 is 1.55. The van der Waals surface area contributed by atoms with Crippen molar-refractivity contribution in [2.75, 3.05) is 18.0 Å². The SMILES string of the molecule is CC(C)(C)c1ccc(=O)n(CC2CN(c3nccnc3C#N)C2)n1. The highest BCUT2D eigenvalue weighted by atomic mass is 16.1. The van der Waals surface area contributed by atoms with Crippen LogP contribution in [0.2, 0.25) is 0 Å². The third kappa shape index (κ3) is 3.13. The summed E-state index contributed by atoms with van der Waals surface area (Å²) in [5.41, 5.74) is 1.06. The summed E-state index contributed by atoms with van der Waals surface area (Å²) in [5, 5.41) is 13.6. The molecule has 0 bridgehead atoms. The molecule has 1 fully saturated rings. The van der Waals surface area contributed by atoms with Gasteiger partial charge in [-0.05, 0) is 6.07 Å². The molecule has 1 saturated heterocycles. The first kappa shape index (κ1) is 16.1. The van der Waals surface area contributed by atoms with Gasteiger partial charge in [-0.1, -0.05) is 20.8 Å². The summed E-state index contributed by atoms with van der Waals surface area (Å²) in [6, 6.07) is 5.44. The Balaban J connectivity index is 1.70. The molecular formula is C17H20N6O. The van der Waals surface area contributed by atoms with E-state index in [9.17, 15) is 4.79 Å². The molecule has 124 valence electrons. The number of hydrogen-bond donors (Lipinski definition) is 0. The topological polar surface area (TPSA) is 87.7 Å². The fourth-order valence-electron chi connectivity index (χ4n) is 2.72. The minimum Gasteiger partial charge on any atom is -0.353 e. The Labute approximate surface area is 140 Å². The highest BCUT2D eigenvalue weighted by Gasteiger charge is 2.30. The third-order valence-electron chi connectivity index (χ3n) is 4.11. The Morgan fingerprint density at radius 1 is 1.25 bits per heavy atom. The van der Waals surface area contributed by atoms with Gasteiger partial charge >= 0.3 is 0 Å². The van der Waals surface area contributed by atoms with Crippen molar-refractivity contribution in [3.8, 4) is 6.07 Å². The van der Waals surface area contributed by atoms with Crippen molar-refractivity contribution in [3.63, 3.8) is 0 Å². The van der Waals surface area contributed by atoms with Crippen LogP contribution in [0, 0.1) is 17.2 Å². The van der Waals surface area contributed by atoms with Gasteiger partial charge in [0.2, 0.25) is 0 Å². The lowest BCUT2D eigenvalue weighted by molar-refractivity contribution is 0.327. The summed E-state index contributed by atoms with van der Waals surface area (Å²) in [4.78, 5) is 22.3. The third-order valence-corrected chi connectivity index (χ3v) is 4.11. The molecule has 0 saturated carbocycles. The number of nitriles is 1. The maximum absolute atomic E-state index is 12.0. The van der Waals surface area contributed by atoms with Crippen LogP contribution in [0.4, 0.5) is 5.82 Å². The van der Waals surface area contributed by atoms with Crippen LogP contribution in [0.1, 0.15) is 32.2 Å². The quantitative estimate of drug-likeness (QED) is 0.846. The first-order valence-corrected chi connectivity index (χ1v) is 7.93. The van der Waals surface area contributed by atoms with Crippen molar-refractivity contribution in [1.29, 1.82) is 5.26 Å². The average molecular weight is 324 g/mol. The molecule has 0 radical (unpaired) electrons. The summed E-state index contributed by atoms with van der Waals surface area (Å²) >= 11 is 0. The van der Waals surface area contributed by atoms with Crippen LogP contribution in [0.15, 0.2) is 29.3 Å². The van der Waals surface area contributed by atoms with E-state index in [0.29, 0.717) is 24.0 Å². The summed E-state index contributed by atoms with van der Waals surface area (Å²) in [6.07, 6.45) is 3.10. The lowest BCUT2D eigenvalue weighted by atomic mass is 9.92. The van der Waals surface area contributed by atoms with Crippen LogP contribution in [-0.2, 0) is 12.0 Å². The van der Waals surface area contributed by atoms with Crippen molar-refractivity contribution in [3.05, 3.63) is 46.3 Å². The lowest BCUT2D eigenvalue weighted by Crippen LogP contribution is -2.50. The van der Waals surface area contributed by atoms with Gasteiger partial charge in [-0.2, -0.15) is 10.4 Å². The maximum atomic E-state index is 12.0. The van der Waals surface area contributed by atoms with Gasteiger partial charge in [-0.25, -0.2) is 14.6 Å². The van der Waals surface area contributed by atoms with Gasteiger partial charge in [0, 0.05) is 42.9 Å². The number of hydrogen-bond acceptors (Lipinski definition) is 6. The fourth-order valence-corrected chi connectivity index (χ4v) is 2.72. The van der Waals surface area contributed by atoms with E-state index in [1.807, 2.05) is 4.90 Å². The van der Waals surface area contributed by atoms with E-state index in [4.69, 9.17) is 5.26 Å². The Morgan fingerprint density at radius 3 is 2.62 bits per heavy atom. The molecule has 0 spiro atoms. The maximum Gasteiger partial charge on any atom is 0.266 e. The zero-order valence-electron chi connectivity index (χ0n) is 14.1. The Morgan fingerprint density at radius 2 is 1.96 bits per heavy atom. The minimum absolute atomic E-state index is 0.0846. The van der Waals surface area contributed by atoms with Crippen LogP contribution >= 0.6 is 0 Å². The van der Waals surface area contributed by atoms with Crippen molar-refractivity contribution >= 4 is 5.82 Å². The Bertz CT molecular complexity index is 839. The smallest absolute Gasteiger partial charge is 0.266 e. The van der Waals surface area contributed by atoms with Crippen molar-refractivity contribution in [2.45, 2.75) is 32.7 Å². The molecule has 2 aromatic rings. The second kappa shape index (κ2) is 6.04. The first-order valence-electron chi connectivity index (χ1n) is 7.93. The van der Waals surface area contributed by atoms with Gasteiger partial charge in [-0.3, -0.25) is 4.79 Å². The molecule has 0 amide bonds. The predicted octanol–water partition coefficient (Wildman–Crippen LogP) is 1.34. The highest BCUT2D eigenvalue weighted by Crippen LogP contribution is 2.25. The molecule has 2 aromatic heterocycles. The largest absolute Gasteiger partial charge is 0.353 e. The van der Waals surface area contributed by atoms with Gasteiger partial charge in [0.05, 0.1) is 12.2 Å². The second-order valence-corrected chi connectivity index (χ2v) is 7.10. The Kier molecular flexibility index (Phi) is 4.06. The number of aromatic nitrogens is 4. The first-order chi connectivity index (χ1) is 11.4. The lowest BCUT2D eigenvalue weighted by Gasteiger charge is -2.40. The standard InChI is InChI=1S/C17H20N6O/c1-17(2,3)14-4-5-15(24)23(21-14)11-12-9-22(10-12)16-13(8-18)19-6-7-20-16/h4-7,12H,9-11H2,1-3H3. The minimum atomic E-state index is -0.0948. The summed E-state index contributed by atoms with van der Waals surface area (Å²) in [7, 11) is 0. The van der Waals surface area contributed by atoms with Crippen LogP contribution in [0.3, 0.4) is 0 Å². The normalized spacial score (nSPS) is 15.0. The fraction of sp³-hybridized carbons (Fsp3) is 0.471. The van der Waals surface area contributed by atoms with E-state index in [0.717, 1.165) is 18.8 Å².